The predicted octanol–water partition coefficient (Wildman–Crippen LogP) is 3.76. The molecule has 0 saturated heterocycles. The van der Waals surface area contributed by atoms with Gasteiger partial charge in [-0.1, -0.05) is 11.6 Å². The molecule has 0 spiro atoms. The van der Waals surface area contributed by atoms with Gasteiger partial charge < -0.3 is 15.0 Å². The van der Waals surface area contributed by atoms with E-state index in [4.69, 9.17) is 16.3 Å². The molecule has 2 amide bonds. The number of hydrogen-bond acceptors (Lipinski definition) is 4. The largest absolute Gasteiger partial charge is 0.444 e. The zero-order valence-electron chi connectivity index (χ0n) is 16.2. The van der Waals surface area contributed by atoms with E-state index in [0.29, 0.717) is 29.9 Å². The van der Waals surface area contributed by atoms with Crippen molar-refractivity contribution in [1.29, 1.82) is 0 Å². The fourth-order valence-electron chi connectivity index (χ4n) is 3.03. The van der Waals surface area contributed by atoms with E-state index in [1.165, 1.54) is 22.9 Å². The molecule has 7 nitrogen and oxygen atoms in total. The van der Waals surface area contributed by atoms with Crippen molar-refractivity contribution in [2.45, 2.75) is 39.3 Å². The number of carbonyl (C=O) groups is 2. The molecular weight excluding hydrogens is 387 g/mol. The first-order chi connectivity index (χ1) is 13.0. The molecule has 1 aliphatic heterocycles. The monoisotopic (exact) mass is 408 g/mol. The third kappa shape index (κ3) is 4.27. The molecule has 1 aliphatic rings. The zero-order valence-corrected chi connectivity index (χ0v) is 16.9. The highest BCUT2D eigenvalue weighted by molar-refractivity contribution is 6.31. The van der Waals surface area contributed by atoms with Gasteiger partial charge in [-0.2, -0.15) is 5.10 Å². The summed E-state index contributed by atoms with van der Waals surface area (Å²) < 4.78 is 20.2. The lowest BCUT2D eigenvalue weighted by atomic mass is 10.1. The summed E-state index contributed by atoms with van der Waals surface area (Å²) in [6.45, 7) is 6.10. The molecule has 28 heavy (non-hydrogen) atoms. The van der Waals surface area contributed by atoms with Crippen LogP contribution in [-0.4, -0.2) is 38.8 Å². The maximum Gasteiger partial charge on any atom is 0.410 e. The van der Waals surface area contributed by atoms with Gasteiger partial charge in [0.2, 0.25) is 0 Å². The second kappa shape index (κ2) is 7.43. The van der Waals surface area contributed by atoms with E-state index >= 15 is 0 Å². The molecule has 0 unspecified atom stereocenters. The van der Waals surface area contributed by atoms with Crippen LogP contribution in [0, 0.1) is 5.82 Å². The number of ether oxygens (including phenoxy) is 1. The highest BCUT2D eigenvalue weighted by Crippen LogP contribution is 2.25. The number of halogens is 2. The summed E-state index contributed by atoms with van der Waals surface area (Å²) in [5, 5.41) is 7.02. The van der Waals surface area contributed by atoms with Gasteiger partial charge in [-0.3, -0.25) is 9.48 Å². The Morgan fingerprint density at radius 3 is 2.68 bits per heavy atom. The Morgan fingerprint density at radius 2 is 2.04 bits per heavy atom. The summed E-state index contributed by atoms with van der Waals surface area (Å²) in [5.74, 6) is -0.976. The minimum absolute atomic E-state index is 0.0825. The molecule has 0 atom stereocenters. The summed E-state index contributed by atoms with van der Waals surface area (Å²) in [6, 6.07) is 3.94. The molecule has 1 aromatic carbocycles. The summed E-state index contributed by atoms with van der Waals surface area (Å²) >= 11 is 5.77. The standard InChI is InChI=1S/C19H22ClFN4O3/c1-19(2,3)28-18(27)25-8-7-15-12(10-25)16(24(4)23-15)17(26)22-11-5-6-14(21)13(20)9-11/h5-6,9H,7-8,10H2,1-4H3,(H,22,26). The third-order valence-electron chi connectivity index (χ3n) is 4.24. The maximum atomic E-state index is 13.3. The molecule has 0 radical (unpaired) electrons. The van der Waals surface area contributed by atoms with Crippen LogP contribution in [0.4, 0.5) is 14.9 Å². The fraction of sp³-hybridized carbons (Fsp3) is 0.421. The lowest BCUT2D eigenvalue weighted by Crippen LogP contribution is -2.40. The number of hydrogen-bond donors (Lipinski definition) is 1. The van der Waals surface area contributed by atoms with Crippen molar-refractivity contribution < 1.29 is 18.7 Å². The van der Waals surface area contributed by atoms with Crippen LogP contribution in [0.2, 0.25) is 5.02 Å². The second-order valence-electron chi connectivity index (χ2n) is 7.63. The van der Waals surface area contributed by atoms with E-state index in [-0.39, 0.29) is 11.6 Å². The van der Waals surface area contributed by atoms with E-state index in [1.807, 2.05) is 0 Å². The van der Waals surface area contributed by atoms with E-state index in [2.05, 4.69) is 10.4 Å². The molecular formula is C19H22ClFN4O3. The van der Waals surface area contributed by atoms with Gasteiger partial charge in [0.1, 0.15) is 17.1 Å². The smallest absolute Gasteiger partial charge is 0.410 e. The Labute approximate surface area is 167 Å². The molecule has 9 heteroatoms. The van der Waals surface area contributed by atoms with Gasteiger partial charge in [-0.25, -0.2) is 9.18 Å². The lowest BCUT2D eigenvalue weighted by Gasteiger charge is -2.29. The summed E-state index contributed by atoms with van der Waals surface area (Å²) in [5.41, 5.74) is 1.54. The normalized spacial score (nSPS) is 13.9. The fourth-order valence-corrected chi connectivity index (χ4v) is 3.21. The van der Waals surface area contributed by atoms with Crippen molar-refractivity contribution in [3.8, 4) is 0 Å². The predicted molar refractivity (Wildman–Crippen MR) is 103 cm³/mol. The minimum atomic E-state index is -0.603. The summed E-state index contributed by atoms with van der Waals surface area (Å²) in [4.78, 5) is 26.8. The van der Waals surface area contributed by atoms with Crippen LogP contribution in [0.25, 0.3) is 0 Å². The topological polar surface area (TPSA) is 76.5 Å². The molecule has 0 saturated carbocycles. The molecule has 0 bridgehead atoms. The Balaban J connectivity index is 1.82. The SMILES string of the molecule is Cn1nc2c(c1C(=O)Nc1ccc(F)c(Cl)c1)CN(C(=O)OC(C)(C)C)CC2. The van der Waals surface area contributed by atoms with E-state index in [1.54, 1.807) is 32.7 Å². The lowest BCUT2D eigenvalue weighted by molar-refractivity contribution is 0.0222. The number of nitrogens with one attached hydrogen (secondary N) is 1. The number of aromatic nitrogens is 2. The number of benzene rings is 1. The van der Waals surface area contributed by atoms with Gasteiger partial charge in [-0.05, 0) is 39.0 Å². The molecule has 0 fully saturated rings. The van der Waals surface area contributed by atoms with Gasteiger partial charge in [0.05, 0.1) is 17.3 Å². The number of amides is 2. The van der Waals surface area contributed by atoms with Gasteiger partial charge in [0.15, 0.2) is 0 Å². The van der Waals surface area contributed by atoms with Crippen molar-refractivity contribution in [2.24, 2.45) is 7.05 Å². The van der Waals surface area contributed by atoms with E-state index < -0.39 is 23.4 Å². The Morgan fingerprint density at radius 1 is 1.32 bits per heavy atom. The number of rotatable bonds is 2. The summed E-state index contributed by atoms with van der Waals surface area (Å²) in [7, 11) is 1.67. The van der Waals surface area contributed by atoms with Gasteiger partial charge >= 0.3 is 6.09 Å². The molecule has 1 aromatic heterocycles. The molecule has 3 rings (SSSR count). The van der Waals surface area contributed by atoms with Crippen LogP contribution in [0.1, 0.15) is 42.5 Å². The highest BCUT2D eigenvalue weighted by atomic mass is 35.5. The molecule has 2 heterocycles. The first-order valence-electron chi connectivity index (χ1n) is 8.84. The first kappa shape index (κ1) is 20.1. The van der Waals surface area contributed by atoms with E-state index in [9.17, 15) is 14.0 Å². The maximum absolute atomic E-state index is 13.3. The van der Waals surface area contributed by atoms with E-state index in [0.717, 1.165) is 5.69 Å². The number of nitrogens with zero attached hydrogens (tertiary/aromatic N) is 3. The van der Waals surface area contributed by atoms with Gasteiger partial charge in [0, 0.05) is 31.3 Å². The number of carbonyl (C=O) groups excluding carboxylic acids is 2. The van der Waals surface area contributed by atoms with Crippen LogP contribution >= 0.6 is 11.6 Å². The Kier molecular flexibility index (Phi) is 5.34. The minimum Gasteiger partial charge on any atom is -0.444 e. The van der Waals surface area contributed by atoms with Crippen molar-refractivity contribution in [3.05, 3.63) is 46.0 Å². The zero-order chi connectivity index (χ0) is 20.6. The van der Waals surface area contributed by atoms with Crippen molar-refractivity contribution in [3.63, 3.8) is 0 Å². The Hall–Kier alpha value is -2.61. The number of anilines is 1. The average Bonchev–Trinajstić information content (AvgIpc) is 2.91. The average molecular weight is 409 g/mol. The third-order valence-corrected chi connectivity index (χ3v) is 4.53. The molecule has 0 aliphatic carbocycles. The Bertz CT molecular complexity index is 936. The van der Waals surface area contributed by atoms with Crippen LogP contribution in [-0.2, 0) is 24.8 Å². The van der Waals surface area contributed by atoms with Crippen LogP contribution in [0.5, 0.6) is 0 Å². The molecule has 1 N–H and O–H groups in total. The van der Waals surface area contributed by atoms with Crippen molar-refractivity contribution in [2.75, 3.05) is 11.9 Å². The van der Waals surface area contributed by atoms with Crippen molar-refractivity contribution >= 4 is 29.3 Å². The van der Waals surface area contributed by atoms with Gasteiger partial charge in [0.25, 0.3) is 5.91 Å². The quantitative estimate of drug-likeness (QED) is 0.820. The van der Waals surface area contributed by atoms with Crippen molar-refractivity contribution in [1.82, 2.24) is 14.7 Å². The van der Waals surface area contributed by atoms with Gasteiger partial charge in [-0.15, -0.1) is 0 Å². The number of fused-ring (bicyclic) bond motifs is 1. The highest BCUT2D eigenvalue weighted by Gasteiger charge is 2.31. The molecule has 2 aromatic rings. The van der Waals surface area contributed by atoms with Crippen LogP contribution < -0.4 is 5.32 Å². The van der Waals surface area contributed by atoms with Crippen LogP contribution in [0.3, 0.4) is 0 Å². The molecule has 150 valence electrons. The summed E-state index contributed by atoms with van der Waals surface area (Å²) in [6.07, 6.45) is 0.0941. The van der Waals surface area contributed by atoms with Crippen LogP contribution in [0.15, 0.2) is 18.2 Å². The first-order valence-corrected chi connectivity index (χ1v) is 9.22. The number of aryl methyl sites for hydroxylation is 1. The second-order valence-corrected chi connectivity index (χ2v) is 8.04.